The zero-order chi connectivity index (χ0) is 18.1. The molecule has 0 radical (unpaired) electrons. The lowest BCUT2D eigenvalue weighted by Crippen LogP contribution is -2.22. The molecule has 0 aliphatic carbocycles. The first-order valence-electron chi connectivity index (χ1n) is 9.55. The van der Waals surface area contributed by atoms with E-state index >= 15 is 0 Å². The standard InChI is InChI=1S/C24H26N2/c1-16(2)19-11-7-12-20-17(3)15-23(26-24(19)20)22-14-8-13-21(25-22)18-9-5-4-6-10-18/h4-14,16-17,23,26H,15H2,1-3H3. The van der Waals surface area contributed by atoms with Gasteiger partial charge in [0.25, 0.3) is 0 Å². The van der Waals surface area contributed by atoms with Crippen LogP contribution in [0.25, 0.3) is 11.3 Å². The van der Waals surface area contributed by atoms with Crippen LogP contribution in [0.5, 0.6) is 0 Å². The van der Waals surface area contributed by atoms with Gasteiger partial charge in [0.15, 0.2) is 0 Å². The number of rotatable bonds is 3. The Morgan fingerprint density at radius 3 is 2.46 bits per heavy atom. The van der Waals surface area contributed by atoms with E-state index in [2.05, 4.69) is 86.8 Å². The Kier molecular flexibility index (Phi) is 4.50. The third kappa shape index (κ3) is 3.12. The van der Waals surface area contributed by atoms with Crippen LogP contribution in [0.4, 0.5) is 5.69 Å². The second-order valence-corrected chi connectivity index (χ2v) is 7.61. The van der Waals surface area contributed by atoms with E-state index in [0.717, 1.165) is 17.8 Å². The number of para-hydroxylation sites is 1. The molecule has 2 unspecified atom stereocenters. The minimum absolute atomic E-state index is 0.251. The fraction of sp³-hybridized carbons (Fsp3) is 0.292. The summed E-state index contributed by atoms with van der Waals surface area (Å²) in [5.74, 6) is 1.03. The zero-order valence-electron chi connectivity index (χ0n) is 15.7. The molecule has 132 valence electrons. The summed E-state index contributed by atoms with van der Waals surface area (Å²) in [6.45, 7) is 6.86. The molecule has 1 aromatic heterocycles. The Morgan fingerprint density at radius 2 is 1.69 bits per heavy atom. The van der Waals surface area contributed by atoms with Gasteiger partial charge in [-0.3, -0.25) is 4.98 Å². The van der Waals surface area contributed by atoms with Crippen LogP contribution in [0.3, 0.4) is 0 Å². The Labute approximate surface area is 156 Å². The van der Waals surface area contributed by atoms with Crippen LogP contribution in [0.2, 0.25) is 0 Å². The summed E-state index contributed by atoms with van der Waals surface area (Å²) in [5, 5.41) is 3.81. The second-order valence-electron chi connectivity index (χ2n) is 7.61. The number of nitrogens with zero attached hydrogens (tertiary/aromatic N) is 1. The minimum Gasteiger partial charge on any atom is -0.376 e. The predicted molar refractivity (Wildman–Crippen MR) is 110 cm³/mol. The number of aromatic nitrogens is 1. The molecule has 0 fully saturated rings. The van der Waals surface area contributed by atoms with Crippen LogP contribution < -0.4 is 5.32 Å². The van der Waals surface area contributed by atoms with Gasteiger partial charge in [-0.1, -0.05) is 75.4 Å². The lowest BCUT2D eigenvalue weighted by atomic mass is 9.83. The van der Waals surface area contributed by atoms with E-state index in [-0.39, 0.29) is 6.04 Å². The molecule has 2 heterocycles. The fourth-order valence-electron chi connectivity index (χ4n) is 3.97. The Hall–Kier alpha value is -2.61. The van der Waals surface area contributed by atoms with Gasteiger partial charge in [-0.05, 0) is 41.5 Å². The molecule has 0 amide bonds. The molecule has 26 heavy (non-hydrogen) atoms. The van der Waals surface area contributed by atoms with Gasteiger partial charge in [0.05, 0.1) is 17.4 Å². The second kappa shape index (κ2) is 6.95. The first-order valence-corrected chi connectivity index (χ1v) is 9.55. The molecule has 3 aromatic rings. The molecule has 2 atom stereocenters. The third-order valence-electron chi connectivity index (χ3n) is 5.39. The molecular formula is C24H26N2. The summed E-state index contributed by atoms with van der Waals surface area (Å²) < 4.78 is 0. The fourth-order valence-corrected chi connectivity index (χ4v) is 3.97. The lowest BCUT2D eigenvalue weighted by Gasteiger charge is -2.33. The van der Waals surface area contributed by atoms with Crippen molar-refractivity contribution in [3.8, 4) is 11.3 Å². The highest BCUT2D eigenvalue weighted by Crippen LogP contribution is 2.43. The molecular weight excluding hydrogens is 316 g/mol. The predicted octanol–water partition coefficient (Wildman–Crippen LogP) is 6.53. The summed E-state index contributed by atoms with van der Waals surface area (Å²) in [6.07, 6.45) is 1.07. The average molecular weight is 342 g/mol. The van der Waals surface area contributed by atoms with E-state index in [1.165, 1.54) is 22.4 Å². The van der Waals surface area contributed by atoms with E-state index in [1.54, 1.807) is 0 Å². The number of hydrogen-bond acceptors (Lipinski definition) is 2. The Bertz CT molecular complexity index is 885. The molecule has 4 rings (SSSR count). The van der Waals surface area contributed by atoms with Crippen molar-refractivity contribution < 1.29 is 0 Å². The number of pyridine rings is 1. The van der Waals surface area contributed by atoms with E-state index in [1.807, 2.05) is 6.07 Å². The van der Waals surface area contributed by atoms with E-state index in [9.17, 15) is 0 Å². The first-order chi connectivity index (χ1) is 12.6. The van der Waals surface area contributed by atoms with Gasteiger partial charge in [-0.2, -0.15) is 0 Å². The SMILES string of the molecule is CC(C)c1cccc2c1NC(c1cccc(-c3ccccc3)n1)CC2C. The number of benzene rings is 2. The Morgan fingerprint density at radius 1 is 0.923 bits per heavy atom. The normalized spacial score (nSPS) is 19.1. The number of hydrogen-bond donors (Lipinski definition) is 1. The Balaban J connectivity index is 1.70. The summed E-state index contributed by atoms with van der Waals surface area (Å²) >= 11 is 0. The molecule has 1 aliphatic rings. The van der Waals surface area contributed by atoms with Crippen molar-refractivity contribution in [3.63, 3.8) is 0 Å². The van der Waals surface area contributed by atoms with Crippen LogP contribution in [-0.4, -0.2) is 4.98 Å². The van der Waals surface area contributed by atoms with Crippen molar-refractivity contribution in [2.75, 3.05) is 5.32 Å². The first kappa shape index (κ1) is 16.8. The van der Waals surface area contributed by atoms with Crippen LogP contribution in [0.1, 0.15) is 61.9 Å². The van der Waals surface area contributed by atoms with Crippen molar-refractivity contribution in [1.82, 2.24) is 4.98 Å². The van der Waals surface area contributed by atoms with E-state index in [4.69, 9.17) is 4.98 Å². The summed E-state index contributed by atoms with van der Waals surface area (Å²) in [5.41, 5.74) is 7.49. The lowest BCUT2D eigenvalue weighted by molar-refractivity contribution is 0.566. The molecule has 0 spiro atoms. The van der Waals surface area contributed by atoms with Crippen LogP contribution in [0, 0.1) is 0 Å². The van der Waals surface area contributed by atoms with Crippen molar-refractivity contribution >= 4 is 5.69 Å². The summed E-state index contributed by atoms with van der Waals surface area (Å²) in [7, 11) is 0. The van der Waals surface area contributed by atoms with Crippen molar-refractivity contribution in [2.45, 2.75) is 45.1 Å². The molecule has 0 saturated heterocycles. The van der Waals surface area contributed by atoms with Crippen LogP contribution >= 0.6 is 0 Å². The van der Waals surface area contributed by atoms with Crippen molar-refractivity contribution in [2.24, 2.45) is 0 Å². The molecule has 0 saturated carbocycles. The van der Waals surface area contributed by atoms with Crippen molar-refractivity contribution in [3.05, 3.63) is 83.6 Å². The van der Waals surface area contributed by atoms with Gasteiger partial charge in [0.2, 0.25) is 0 Å². The van der Waals surface area contributed by atoms with Crippen LogP contribution in [-0.2, 0) is 0 Å². The molecule has 0 bridgehead atoms. The third-order valence-corrected chi connectivity index (χ3v) is 5.39. The maximum Gasteiger partial charge on any atom is 0.0706 e. The summed E-state index contributed by atoms with van der Waals surface area (Å²) in [4.78, 5) is 4.99. The smallest absolute Gasteiger partial charge is 0.0706 e. The highest BCUT2D eigenvalue weighted by atomic mass is 15.0. The maximum atomic E-state index is 4.99. The minimum atomic E-state index is 0.251. The molecule has 2 aromatic carbocycles. The highest BCUT2D eigenvalue weighted by Gasteiger charge is 2.27. The largest absolute Gasteiger partial charge is 0.376 e. The van der Waals surface area contributed by atoms with Gasteiger partial charge in [-0.25, -0.2) is 0 Å². The molecule has 2 nitrogen and oxygen atoms in total. The number of anilines is 1. The van der Waals surface area contributed by atoms with Gasteiger partial charge < -0.3 is 5.32 Å². The van der Waals surface area contributed by atoms with Gasteiger partial charge >= 0.3 is 0 Å². The van der Waals surface area contributed by atoms with Gasteiger partial charge in [0.1, 0.15) is 0 Å². The number of nitrogens with one attached hydrogen (secondary N) is 1. The maximum absolute atomic E-state index is 4.99. The quantitative estimate of drug-likeness (QED) is 0.585. The molecule has 1 N–H and O–H groups in total. The van der Waals surface area contributed by atoms with Gasteiger partial charge in [0, 0.05) is 11.3 Å². The van der Waals surface area contributed by atoms with E-state index < -0.39 is 0 Å². The topological polar surface area (TPSA) is 24.9 Å². The van der Waals surface area contributed by atoms with Crippen LogP contribution in [0.15, 0.2) is 66.7 Å². The monoisotopic (exact) mass is 342 g/mol. The molecule has 2 heteroatoms. The number of fused-ring (bicyclic) bond motifs is 1. The zero-order valence-corrected chi connectivity index (χ0v) is 15.7. The highest BCUT2D eigenvalue weighted by molar-refractivity contribution is 5.63. The van der Waals surface area contributed by atoms with Crippen molar-refractivity contribution in [1.29, 1.82) is 0 Å². The van der Waals surface area contributed by atoms with Gasteiger partial charge in [-0.15, -0.1) is 0 Å². The summed E-state index contributed by atoms with van der Waals surface area (Å²) in [6, 6.07) is 23.8. The average Bonchev–Trinajstić information content (AvgIpc) is 2.68. The molecule has 1 aliphatic heterocycles. The van der Waals surface area contributed by atoms with E-state index in [0.29, 0.717) is 11.8 Å².